The lowest BCUT2D eigenvalue weighted by atomic mass is 10.2. The van der Waals surface area contributed by atoms with Gasteiger partial charge in [0.05, 0.1) is 32.3 Å². The number of halogens is 2. The lowest BCUT2D eigenvalue weighted by Gasteiger charge is -2.14. The van der Waals surface area contributed by atoms with Gasteiger partial charge in [0.15, 0.2) is 5.75 Å². The van der Waals surface area contributed by atoms with E-state index in [9.17, 15) is 8.42 Å². The maximum atomic E-state index is 12.8. The minimum atomic E-state index is -3.81. The molecule has 1 aromatic heterocycles. The van der Waals surface area contributed by atoms with Crippen molar-refractivity contribution in [2.75, 3.05) is 4.72 Å². The van der Waals surface area contributed by atoms with Crippen LogP contribution in [0.1, 0.15) is 11.1 Å². The van der Waals surface area contributed by atoms with E-state index >= 15 is 0 Å². The maximum Gasteiger partial charge on any atom is 0.262 e. The number of anilines is 1. The number of aromatic nitrogens is 1. The molecule has 0 atom stereocenters. The van der Waals surface area contributed by atoms with Crippen molar-refractivity contribution in [2.24, 2.45) is 0 Å². The topological polar surface area (TPSA) is 68.3 Å². The van der Waals surface area contributed by atoms with Crippen LogP contribution in [-0.4, -0.2) is 13.4 Å². The molecular formula is C23H18Cl2N2O3S. The molecule has 158 valence electrons. The van der Waals surface area contributed by atoms with Crippen LogP contribution >= 0.6 is 23.2 Å². The molecule has 5 nitrogen and oxygen atoms in total. The van der Waals surface area contributed by atoms with Crippen LogP contribution in [0.2, 0.25) is 10.0 Å². The summed E-state index contributed by atoms with van der Waals surface area (Å²) in [5.41, 5.74) is 2.70. The molecule has 0 saturated carbocycles. The summed E-state index contributed by atoms with van der Waals surface area (Å²) in [5, 5.41) is 1.24. The first-order chi connectivity index (χ1) is 14.7. The highest BCUT2D eigenvalue weighted by Gasteiger charge is 2.19. The van der Waals surface area contributed by atoms with Crippen LogP contribution in [0.5, 0.6) is 11.5 Å². The van der Waals surface area contributed by atoms with Gasteiger partial charge in [-0.15, -0.1) is 0 Å². The van der Waals surface area contributed by atoms with E-state index in [1.165, 1.54) is 12.1 Å². The number of sulfonamides is 1. The van der Waals surface area contributed by atoms with Gasteiger partial charge in [-0.3, -0.25) is 9.71 Å². The van der Waals surface area contributed by atoms with E-state index in [1.54, 1.807) is 25.3 Å². The molecule has 0 amide bonds. The first-order valence-electron chi connectivity index (χ1n) is 9.35. The fourth-order valence-corrected chi connectivity index (χ4v) is 5.08. The van der Waals surface area contributed by atoms with E-state index in [0.29, 0.717) is 11.3 Å². The second kappa shape index (κ2) is 8.38. The quantitative estimate of drug-likeness (QED) is 0.348. The van der Waals surface area contributed by atoms with Gasteiger partial charge in [-0.2, -0.15) is 0 Å². The molecule has 0 aliphatic rings. The number of hydrogen-bond donors (Lipinski definition) is 1. The van der Waals surface area contributed by atoms with Crippen molar-refractivity contribution < 1.29 is 13.2 Å². The third-order valence-corrected chi connectivity index (χ3v) is 6.76. The van der Waals surface area contributed by atoms with Gasteiger partial charge in [0.2, 0.25) is 0 Å². The average Bonchev–Trinajstić information content (AvgIpc) is 2.70. The maximum absolute atomic E-state index is 12.8. The van der Waals surface area contributed by atoms with Gasteiger partial charge >= 0.3 is 0 Å². The number of nitrogens with zero attached hydrogens (tertiary/aromatic N) is 1. The molecule has 0 radical (unpaired) electrons. The number of fused-ring (bicyclic) bond motifs is 1. The van der Waals surface area contributed by atoms with Gasteiger partial charge < -0.3 is 4.74 Å². The molecule has 4 aromatic rings. The summed E-state index contributed by atoms with van der Waals surface area (Å²) < 4.78 is 34.0. The monoisotopic (exact) mass is 472 g/mol. The van der Waals surface area contributed by atoms with Crippen LogP contribution in [0.4, 0.5) is 5.69 Å². The van der Waals surface area contributed by atoms with E-state index in [1.807, 2.05) is 43.3 Å². The predicted molar refractivity (Wildman–Crippen MR) is 125 cm³/mol. The second-order valence-electron chi connectivity index (χ2n) is 7.11. The molecule has 1 heterocycles. The Morgan fingerprint density at radius 2 is 1.65 bits per heavy atom. The standard InChI is InChI=1S/C23H18Cl2N2O3S/c1-14-7-8-22(15(2)9-14)31(28,29)27-17-11-19(24)23(20(25)12-17)30-18-10-16-5-3-4-6-21(16)26-13-18/h3-13,27H,1-2H3. The number of rotatable bonds is 5. The Morgan fingerprint density at radius 1 is 0.935 bits per heavy atom. The fraction of sp³-hybridized carbons (Fsp3) is 0.0870. The Bertz CT molecular complexity index is 1380. The van der Waals surface area contributed by atoms with Crippen LogP contribution < -0.4 is 9.46 Å². The Labute approximate surface area is 190 Å². The summed E-state index contributed by atoms with van der Waals surface area (Å²) in [7, 11) is -3.81. The minimum Gasteiger partial charge on any atom is -0.453 e. The van der Waals surface area contributed by atoms with Crippen molar-refractivity contribution in [2.45, 2.75) is 18.7 Å². The molecule has 0 bridgehead atoms. The van der Waals surface area contributed by atoms with E-state index in [-0.39, 0.29) is 26.4 Å². The summed E-state index contributed by atoms with van der Waals surface area (Å²) in [6.45, 7) is 3.65. The zero-order chi connectivity index (χ0) is 22.2. The molecule has 0 aliphatic heterocycles. The van der Waals surface area contributed by atoms with E-state index in [4.69, 9.17) is 27.9 Å². The van der Waals surface area contributed by atoms with Gasteiger partial charge in [-0.05, 0) is 49.7 Å². The van der Waals surface area contributed by atoms with Crippen molar-refractivity contribution in [3.8, 4) is 11.5 Å². The summed E-state index contributed by atoms with van der Waals surface area (Å²) in [6.07, 6.45) is 1.58. The molecule has 3 aromatic carbocycles. The van der Waals surface area contributed by atoms with Crippen LogP contribution in [0, 0.1) is 13.8 Å². The lowest BCUT2D eigenvalue weighted by Crippen LogP contribution is -2.14. The number of hydrogen-bond acceptors (Lipinski definition) is 4. The molecule has 0 saturated heterocycles. The summed E-state index contributed by atoms with van der Waals surface area (Å²) in [5.74, 6) is 0.681. The van der Waals surface area contributed by atoms with Crippen molar-refractivity contribution in [3.63, 3.8) is 0 Å². The molecule has 0 unspecified atom stereocenters. The van der Waals surface area contributed by atoms with Crippen molar-refractivity contribution >= 4 is 49.8 Å². The van der Waals surface area contributed by atoms with Gasteiger partial charge in [0, 0.05) is 5.39 Å². The number of nitrogens with one attached hydrogen (secondary N) is 1. The first kappa shape index (κ1) is 21.4. The van der Waals surface area contributed by atoms with E-state index < -0.39 is 10.0 Å². The summed E-state index contributed by atoms with van der Waals surface area (Å²) in [6, 6.07) is 17.5. The molecular weight excluding hydrogens is 455 g/mol. The number of benzene rings is 3. The number of ether oxygens (including phenoxy) is 1. The summed E-state index contributed by atoms with van der Waals surface area (Å²) in [4.78, 5) is 4.54. The highest BCUT2D eigenvalue weighted by molar-refractivity contribution is 7.92. The highest BCUT2D eigenvalue weighted by Crippen LogP contribution is 2.39. The van der Waals surface area contributed by atoms with Crippen molar-refractivity contribution in [1.29, 1.82) is 0 Å². The Morgan fingerprint density at radius 3 is 2.35 bits per heavy atom. The van der Waals surface area contributed by atoms with Gasteiger partial charge in [0.25, 0.3) is 10.0 Å². The van der Waals surface area contributed by atoms with Gasteiger partial charge in [-0.1, -0.05) is 59.1 Å². The second-order valence-corrected chi connectivity index (χ2v) is 9.57. The highest BCUT2D eigenvalue weighted by atomic mass is 35.5. The molecule has 1 N–H and O–H groups in total. The summed E-state index contributed by atoms with van der Waals surface area (Å²) >= 11 is 12.7. The molecule has 0 spiro atoms. The van der Waals surface area contributed by atoms with Crippen molar-refractivity contribution in [1.82, 2.24) is 4.98 Å². The predicted octanol–water partition coefficient (Wildman–Crippen LogP) is 6.75. The van der Waals surface area contributed by atoms with Gasteiger partial charge in [0.1, 0.15) is 5.75 Å². The lowest BCUT2D eigenvalue weighted by molar-refractivity contribution is 0.482. The molecule has 0 fully saturated rings. The molecule has 4 rings (SSSR count). The third kappa shape index (κ3) is 4.61. The fourth-order valence-electron chi connectivity index (χ4n) is 3.25. The smallest absolute Gasteiger partial charge is 0.262 e. The zero-order valence-electron chi connectivity index (χ0n) is 16.7. The van der Waals surface area contributed by atoms with Crippen molar-refractivity contribution in [3.05, 3.63) is 88.0 Å². The van der Waals surface area contributed by atoms with Gasteiger partial charge in [-0.25, -0.2) is 8.42 Å². The average molecular weight is 473 g/mol. The number of pyridine rings is 1. The Kier molecular flexibility index (Phi) is 5.79. The zero-order valence-corrected chi connectivity index (χ0v) is 19.0. The molecule has 8 heteroatoms. The first-order valence-corrected chi connectivity index (χ1v) is 11.6. The van der Waals surface area contributed by atoms with Crippen LogP contribution in [0.25, 0.3) is 10.9 Å². The third-order valence-electron chi connectivity index (χ3n) is 4.66. The Balaban J connectivity index is 1.62. The van der Waals surface area contributed by atoms with Crippen LogP contribution in [-0.2, 0) is 10.0 Å². The number of aryl methyl sites for hydroxylation is 2. The largest absolute Gasteiger partial charge is 0.453 e. The SMILES string of the molecule is Cc1ccc(S(=O)(=O)Nc2cc(Cl)c(Oc3cnc4ccccc4c3)c(Cl)c2)c(C)c1. The molecule has 0 aliphatic carbocycles. The van der Waals surface area contributed by atoms with E-state index in [0.717, 1.165) is 16.5 Å². The van der Waals surface area contributed by atoms with E-state index in [2.05, 4.69) is 9.71 Å². The normalized spacial score (nSPS) is 11.5. The minimum absolute atomic E-state index is 0.166. The van der Waals surface area contributed by atoms with Crippen LogP contribution in [0.15, 0.2) is 71.8 Å². The number of para-hydroxylation sites is 1. The van der Waals surface area contributed by atoms with Crippen LogP contribution in [0.3, 0.4) is 0 Å². The molecule has 31 heavy (non-hydrogen) atoms. The Hall–Kier alpha value is -2.80.